The summed E-state index contributed by atoms with van der Waals surface area (Å²) in [4.78, 5) is 2.35. The highest BCUT2D eigenvalue weighted by Crippen LogP contribution is 2.47. The Morgan fingerprint density at radius 1 is 0.750 bits per heavy atom. The smallest absolute Gasteiger partial charge is 0.209 e. The molecule has 3 aromatic rings. The van der Waals surface area contributed by atoms with E-state index in [1.165, 1.54) is 61.7 Å². The number of fused-ring (bicyclic) bond motifs is 2. The van der Waals surface area contributed by atoms with E-state index in [4.69, 9.17) is 4.74 Å². The summed E-state index contributed by atoms with van der Waals surface area (Å²) in [6, 6.07) is 22.0. The molecule has 226 valence electrons. The zero-order chi connectivity index (χ0) is 31.4. The number of hydrogen-bond acceptors (Lipinski definition) is 2. The van der Waals surface area contributed by atoms with Crippen LogP contribution in [0, 0.1) is 20.8 Å². The average Bonchev–Trinajstić information content (AvgIpc) is 3.29. The van der Waals surface area contributed by atoms with Gasteiger partial charge in [-0.3, -0.25) is 0 Å². The molecule has 0 atom stereocenters. The molecule has 0 radical (unpaired) electrons. The minimum Gasteiger partial charge on any atom is -0.457 e. The molecule has 0 aromatic heterocycles. The first-order chi connectivity index (χ1) is 20.9. The van der Waals surface area contributed by atoms with E-state index in [1.54, 1.807) is 0 Å². The van der Waals surface area contributed by atoms with Gasteiger partial charge in [0.05, 0.1) is 5.41 Å². The third-order valence-corrected chi connectivity index (χ3v) is 9.98. The summed E-state index contributed by atoms with van der Waals surface area (Å²) < 4.78 is 9.13. The van der Waals surface area contributed by atoms with Gasteiger partial charge in [-0.1, -0.05) is 66.9 Å². The SMILES string of the molecule is Cc1ccc(OC2=C(/C=C/C3=[N+](C)c4ccc(C)cc4C3(C)C)CCC/C2=C\C=C2\N(C)c3ccc(C)cc3C2(C)C)cc1. The summed E-state index contributed by atoms with van der Waals surface area (Å²) in [5.41, 5.74) is 14.2. The molecule has 1 aliphatic carbocycles. The van der Waals surface area contributed by atoms with Gasteiger partial charge in [0.25, 0.3) is 0 Å². The van der Waals surface area contributed by atoms with Gasteiger partial charge in [-0.05, 0) is 107 Å². The molecule has 0 bridgehead atoms. The molecular formula is C41H47N2O+. The van der Waals surface area contributed by atoms with Crippen molar-refractivity contribution in [3.63, 3.8) is 0 Å². The van der Waals surface area contributed by atoms with Gasteiger partial charge in [0.15, 0.2) is 5.71 Å². The lowest BCUT2D eigenvalue weighted by molar-refractivity contribution is -0.401. The maximum Gasteiger partial charge on any atom is 0.209 e. The van der Waals surface area contributed by atoms with Crippen molar-refractivity contribution in [2.75, 3.05) is 19.0 Å². The fourth-order valence-electron chi connectivity index (χ4n) is 7.34. The van der Waals surface area contributed by atoms with Crippen LogP contribution in [0.5, 0.6) is 5.75 Å². The Hall–Kier alpha value is -4.11. The van der Waals surface area contributed by atoms with Gasteiger partial charge < -0.3 is 9.64 Å². The highest BCUT2D eigenvalue weighted by atomic mass is 16.5. The van der Waals surface area contributed by atoms with Gasteiger partial charge >= 0.3 is 0 Å². The number of hydrogen-bond donors (Lipinski definition) is 0. The van der Waals surface area contributed by atoms with Crippen molar-refractivity contribution in [3.8, 4) is 5.75 Å². The lowest BCUT2D eigenvalue weighted by atomic mass is 9.80. The van der Waals surface area contributed by atoms with Crippen LogP contribution in [0.3, 0.4) is 0 Å². The van der Waals surface area contributed by atoms with Gasteiger partial charge in [0, 0.05) is 41.6 Å². The second-order valence-corrected chi connectivity index (χ2v) is 14.0. The van der Waals surface area contributed by atoms with Gasteiger partial charge in [-0.15, -0.1) is 0 Å². The normalized spacial score (nSPS) is 20.7. The molecule has 2 aliphatic heterocycles. The van der Waals surface area contributed by atoms with Crippen LogP contribution in [0.2, 0.25) is 0 Å². The second kappa shape index (κ2) is 11.1. The molecule has 0 fully saturated rings. The van der Waals surface area contributed by atoms with E-state index in [2.05, 4.69) is 157 Å². The Bertz CT molecular complexity index is 1790. The van der Waals surface area contributed by atoms with Crippen molar-refractivity contribution >= 4 is 17.1 Å². The number of ether oxygens (including phenoxy) is 1. The quantitative estimate of drug-likeness (QED) is 0.278. The molecule has 0 spiro atoms. The monoisotopic (exact) mass is 583 g/mol. The first-order valence-electron chi connectivity index (χ1n) is 16.0. The van der Waals surface area contributed by atoms with E-state index in [0.717, 1.165) is 30.8 Å². The molecule has 3 aliphatic rings. The van der Waals surface area contributed by atoms with Crippen LogP contribution < -0.4 is 9.64 Å². The standard InChI is InChI=1S/C41H47N2O/c1-27-13-19-32(20-14-27)44-39-30(17-23-37-40(4,5)33-25-28(2)15-21-35(33)42(37)8)11-10-12-31(39)18-24-38-41(6,7)34-26-29(3)16-22-36(34)43(38)9/h13-26H,10-12H2,1-9H3/q+1. The third kappa shape index (κ3) is 5.17. The second-order valence-electron chi connectivity index (χ2n) is 14.0. The van der Waals surface area contributed by atoms with Crippen molar-refractivity contribution in [1.29, 1.82) is 0 Å². The van der Waals surface area contributed by atoms with E-state index in [0.29, 0.717) is 0 Å². The van der Waals surface area contributed by atoms with Crippen molar-refractivity contribution in [1.82, 2.24) is 0 Å². The number of benzene rings is 3. The van der Waals surface area contributed by atoms with Gasteiger partial charge in [0.2, 0.25) is 5.69 Å². The molecule has 3 aromatic carbocycles. The number of allylic oxidation sites excluding steroid dienone is 7. The van der Waals surface area contributed by atoms with Gasteiger partial charge in [-0.2, -0.15) is 4.58 Å². The van der Waals surface area contributed by atoms with Crippen LogP contribution >= 0.6 is 0 Å². The van der Waals surface area contributed by atoms with E-state index in [1.807, 2.05) is 0 Å². The van der Waals surface area contributed by atoms with Crippen molar-refractivity contribution < 1.29 is 9.31 Å². The fourth-order valence-corrected chi connectivity index (χ4v) is 7.34. The molecule has 6 rings (SSSR count). The molecule has 0 N–H and O–H groups in total. The zero-order valence-electron chi connectivity index (χ0n) is 28.0. The summed E-state index contributed by atoms with van der Waals surface area (Å²) >= 11 is 0. The van der Waals surface area contributed by atoms with Crippen LogP contribution in [-0.2, 0) is 10.8 Å². The van der Waals surface area contributed by atoms with Crippen molar-refractivity contribution in [2.24, 2.45) is 0 Å². The molecular weight excluding hydrogens is 536 g/mol. The topological polar surface area (TPSA) is 15.5 Å². The highest BCUT2D eigenvalue weighted by Gasteiger charge is 2.43. The summed E-state index contributed by atoms with van der Waals surface area (Å²) in [6.07, 6.45) is 12.4. The molecule has 0 unspecified atom stereocenters. The van der Waals surface area contributed by atoms with Crippen LogP contribution in [-0.4, -0.2) is 24.4 Å². The Labute approximate surface area is 264 Å². The summed E-state index contributed by atoms with van der Waals surface area (Å²) in [7, 11) is 4.39. The lowest BCUT2D eigenvalue weighted by Gasteiger charge is -2.25. The Morgan fingerprint density at radius 2 is 1.41 bits per heavy atom. The van der Waals surface area contributed by atoms with Crippen LogP contribution in [0.25, 0.3) is 0 Å². The first kappa shape index (κ1) is 29.9. The summed E-state index contributed by atoms with van der Waals surface area (Å²) in [5, 5.41) is 0. The first-order valence-corrected chi connectivity index (χ1v) is 16.0. The lowest BCUT2D eigenvalue weighted by Crippen LogP contribution is -2.26. The number of rotatable bonds is 5. The molecule has 3 heteroatoms. The molecule has 3 nitrogen and oxygen atoms in total. The van der Waals surface area contributed by atoms with Crippen LogP contribution in [0.4, 0.5) is 11.4 Å². The minimum atomic E-state index is -0.0745. The molecule has 44 heavy (non-hydrogen) atoms. The largest absolute Gasteiger partial charge is 0.457 e. The maximum absolute atomic E-state index is 6.77. The van der Waals surface area contributed by atoms with Crippen molar-refractivity contribution in [2.45, 2.75) is 78.6 Å². The van der Waals surface area contributed by atoms with E-state index in [-0.39, 0.29) is 10.8 Å². The Kier molecular flexibility index (Phi) is 7.56. The molecule has 0 saturated carbocycles. The van der Waals surface area contributed by atoms with E-state index >= 15 is 0 Å². The van der Waals surface area contributed by atoms with Crippen molar-refractivity contribution in [3.05, 3.63) is 135 Å². The average molecular weight is 584 g/mol. The van der Waals surface area contributed by atoms with Crippen LogP contribution in [0.1, 0.15) is 74.8 Å². The Morgan fingerprint density at radius 3 is 2.14 bits per heavy atom. The summed E-state index contributed by atoms with van der Waals surface area (Å²) in [5.74, 6) is 1.87. The predicted molar refractivity (Wildman–Crippen MR) is 186 cm³/mol. The predicted octanol–water partition coefficient (Wildman–Crippen LogP) is 9.93. The fraction of sp³-hybridized carbons (Fsp3) is 0.341. The molecule has 0 amide bonds. The van der Waals surface area contributed by atoms with Gasteiger partial charge in [-0.25, -0.2) is 0 Å². The maximum atomic E-state index is 6.77. The minimum absolute atomic E-state index is 0.0745. The number of aryl methyl sites for hydroxylation is 3. The number of anilines is 1. The molecule has 2 heterocycles. The third-order valence-electron chi connectivity index (χ3n) is 9.98. The van der Waals surface area contributed by atoms with E-state index in [9.17, 15) is 0 Å². The highest BCUT2D eigenvalue weighted by molar-refractivity contribution is 6.03. The summed E-state index contributed by atoms with van der Waals surface area (Å²) in [6.45, 7) is 15.8. The number of likely N-dealkylation sites (N-methyl/N-ethyl adjacent to an activating group) is 1. The van der Waals surface area contributed by atoms with Gasteiger partial charge in [0.1, 0.15) is 18.6 Å². The zero-order valence-corrected chi connectivity index (χ0v) is 28.0. The molecule has 0 saturated heterocycles. The van der Waals surface area contributed by atoms with E-state index < -0.39 is 0 Å². The number of nitrogens with zero attached hydrogens (tertiary/aromatic N) is 2. The van der Waals surface area contributed by atoms with Crippen LogP contribution in [0.15, 0.2) is 108 Å². The Balaban J connectivity index is 1.42.